The smallest absolute Gasteiger partial charge is 0.274 e. The van der Waals surface area contributed by atoms with E-state index in [-0.39, 0.29) is 5.56 Å². The Balaban J connectivity index is 1.71. The third kappa shape index (κ3) is 4.27. The van der Waals surface area contributed by atoms with Gasteiger partial charge in [0.15, 0.2) is 0 Å². The molecule has 2 N–H and O–H groups in total. The molecule has 0 spiro atoms. The molecule has 2 aromatic carbocycles. The van der Waals surface area contributed by atoms with Gasteiger partial charge in [0.1, 0.15) is 5.69 Å². The molecule has 0 aliphatic carbocycles. The van der Waals surface area contributed by atoms with Crippen molar-refractivity contribution in [1.29, 1.82) is 0 Å². The monoisotopic (exact) mass is 349 g/mol. The molecule has 0 atom stereocenters. The van der Waals surface area contributed by atoms with Crippen molar-refractivity contribution in [3.05, 3.63) is 76.2 Å². The van der Waals surface area contributed by atoms with E-state index in [0.717, 1.165) is 24.3 Å². The van der Waals surface area contributed by atoms with E-state index < -0.39 is 0 Å². The molecule has 0 aliphatic rings. The second kappa shape index (κ2) is 8.29. The maximum Gasteiger partial charge on any atom is 0.274 e. The van der Waals surface area contributed by atoms with Crippen LogP contribution in [0.4, 0.5) is 17.3 Å². The molecule has 1 aromatic heterocycles. The van der Waals surface area contributed by atoms with Crippen molar-refractivity contribution in [1.82, 2.24) is 15.2 Å². The van der Waals surface area contributed by atoms with Crippen LogP contribution in [0.3, 0.4) is 0 Å². The van der Waals surface area contributed by atoms with Gasteiger partial charge in [-0.15, -0.1) is 10.2 Å². The van der Waals surface area contributed by atoms with Gasteiger partial charge in [0, 0.05) is 30.9 Å². The Labute approximate surface area is 152 Å². The maximum atomic E-state index is 12.3. The standard InChI is InChI=1S/C20H23N5O/c1-3-25(4-2)17-12-10-16(11-13-17)21-20-22-19(26)18(23-24-20)14-15-8-6-5-7-9-15/h5-13H,3-4,14H2,1-2H3,(H2,21,22,24,26). The summed E-state index contributed by atoms with van der Waals surface area (Å²) in [5.41, 5.74) is 3.21. The van der Waals surface area contributed by atoms with Crippen LogP contribution in [0.2, 0.25) is 0 Å². The number of hydrogen-bond donors (Lipinski definition) is 2. The number of nitrogens with zero attached hydrogens (tertiary/aromatic N) is 3. The number of benzene rings is 2. The molecule has 0 aliphatic heterocycles. The Morgan fingerprint density at radius 1 is 0.962 bits per heavy atom. The molecule has 3 rings (SSSR count). The molecule has 26 heavy (non-hydrogen) atoms. The lowest BCUT2D eigenvalue weighted by Gasteiger charge is -2.21. The van der Waals surface area contributed by atoms with Crippen molar-refractivity contribution >= 4 is 17.3 Å². The van der Waals surface area contributed by atoms with Gasteiger partial charge in [-0.2, -0.15) is 0 Å². The molecule has 6 heteroatoms. The normalized spacial score (nSPS) is 10.5. The Morgan fingerprint density at radius 2 is 1.65 bits per heavy atom. The van der Waals surface area contributed by atoms with Crippen LogP contribution in [-0.2, 0) is 6.42 Å². The molecule has 0 amide bonds. The van der Waals surface area contributed by atoms with Gasteiger partial charge in [-0.3, -0.25) is 9.78 Å². The van der Waals surface area contributed by atoms with E-state index in [2.05, 4.69) is 39.2 Å². The fraction of sp³-hybridized carbons (Fsp3) is 0.250. The third-order valence-electron chi connectivity index (χ3n) is 4.24. The highest BCUT2D eigenvalue weighted by Gasteiger charge is 2.07. The molecule has 3 aromatic rings. The molecule has 0 unspecified atom stereocenters. The Morgan fingerprint density at radius 3 is 2.27 bits per heavy atom. The molecule has 6 nitrogen and oxygen atoms in total. The number of H-pyrrole nitrogens is 1. The molecular weight excluding hydrogens is 326 g/mol. The van der Waals surface area contributed by atoms with Crippen molar-refractivity contribution < 1.29 is 0 Å². The molecular formula is C20H23N5O. The fourth-order valence-electron chi connectivity index (χ4n) is 2.80. The lowest BCUT2D eigenvalue weighted by molar-refractivity contribution is 0.866. The summed E-state index contributed by atoms with van der Waals surface area (Å²) >= 11 is 0. The number of aromatic amines is 1. The van der Waals surface area contributed by atoms with Crippen LogP contribution in [0.1, 0.15) is 25.1 Å². The number of anilines is 3. The van der Waals surface area contributed by atoms with Gasteiger partial charge >= 0.3 is 0 Å². The van der Waals surface area contributed by atoms with E-state index in [9.17, 15) is 4.79 Å². The van der Waals surface area contributed by atoms with Crippen molar-refractivity contribution in [2.75, 3.05) is 23.3 Å². The van der Waals surface area contributed by atoms with E-state index in [1.165, 1.54) is 5.69 Å². The average molecular weight is 349 g/mol. The highest BCUT2D eigenvalue weighted by atomic mass is 16.1. The Bertz CT molecular complexity index is 886. The molecule has 0 radical (unpaired) electrons. The van der Waals surface area contributed by atoms with Gasteiger partial charge in [0.2, 0.25) is 5.95 Å². The molecule has 0 saturated carbocycles. The van der Waals surface area contributed by atoms with Crippen LogP contribution >= 0.6 is 0 Å². The van der Waals surface area contributed by atoms with Gasteiger partial charge in [-0.1, -0.05) is 30.3 Å². The molecule has 134 valence electrons. The summed E-state index contributed by atoms with van der Waals surface area (Å²) < 4.78 is 0. The minimum absolute atomic E-state index is 0.230. The topological polar surface area (TPSA) is 73.9 Å². The zero-order valence-electron chi connectivity index (χ0n) is 15.1. The van der Waals surface area contributed by atoms with Crippen LogP contribution < -0.4 is 15.8 Å². The predicted octanol–water partition coefficient (Wildman–Crippen LogP) is 3.35. The zero-order chi connectivity index (χ0) is 18.4. The zero-order valence-corrected chi connectivity index (χ0v) is 15.1. The largest absolute Gasteiger partial charge is 0.372 e. The van der Waals surface area contributed by atoms with Crippen LogP contribution in [0, 0.1) is 0 Å². The molecule has 1 heterocycles. The SMILES string of the molecule is CCN(CC)c1ccc(Nc2nnc(Cc3ccccc3)c(=O)[nH]2)cc1. The lowest BCUT2D eigenvalue weighted by Crippen LogP contribution is -2.21. The Kier molecular flexibility index (Phi) is 5.63. The number of nitrogens with one attached hydrogen (secondary N) is 2. The second-order valence-corrected chi connectivity index (χ2v) is 5.96. The van der Waals surface area contributed by atoms with Crippen molar-refractivity contribution in [3.63, 3.8) is 0 Å². The lowest BCUT2D eigenvalue weighted by atomic mass is 10.1. The first-order valence-electron chi connectivity index (χ1n) is 8.81. The van der Waals surface area contributed by atoms with E-state index in [1.54, 1.807) is 0 Å². The summed E-state index contributed by atoms with van der Waals surface area (Å²) in [6.07, 6.45) is 0.460. The highest BCUT2D eigenvalue weighted by Crippen LogP contribution is 2.19. The average Bonchev–Trinajstić information content (AvgIpc) is 2.67. The quantitative estimate of drug-likeness (QED) is 0.684. The van der Waals surface area contributed by atoms with Gasteiger partial charge in [-0.05, 0) is 43.7 Å². The maximum absolute atomic E-state index is 12.3. The van der Waals surface area contributed by atoms with Gasteiger partial charge in [0.05, 0.1) is 0 Å². The van der Waals surface area contributed by atoms with Gasteiger partial charge in [0.25, 0.3) is 5.56 Å². The third-order valence-corrected chi connectivity index (χ3v) is 4.24. The summed E-state index contributed by atoms with van der Waals surface area (Å²) in [4.78, 5) is 17.3. The molecule has 0 saturated heterocycles. The van der Waals surface area contributed by atoms with E-state index in [4.69, 9.17) is 0 Å². The van der Waals surface area contributed by atoms with Crippen molar-refractivity contribution in [3.8, 4) is 0 Å². The van der Waals surface area contributed by atoms with Crippen LogP contribution in [0.5, 0.6) is 0 Å². The molecule has 0 fully saturated rings. The van der Waals surface area contributed by atoms with Gasteiger partial charge in [-0.25, -0.2) is 0 Å². The summed E-state index contributed by atoms with van der Waals surface area (Å²) in [6.45, 7) is 6.19. The van der Waals surface area contributed by atoms with Crippen molar-refractivity contribution in [2.45, 2.75) is 20.3 Å². The summed E-state index contributed by atoms with van der Waals surface area (Å²) in [5, 5.41) is 11.3. The minimum atomic E-state index is -0.230. The summed E-state index contributed by atoms with van der Waals surface area (Å²) in [5.74, 6) is 0.336. The van der Waals surface area contributed by atoms with Gasteiger partial charge < -0.3 is 10.2 Å². The number of aromatic nitrogens is 3. The minimum Gasteiger partial charge on any atom is -0.372 e. The van der Waals surface area contributed by atoms with E-state index in [1.807, 2.05) is 54.6 Å². The van der Waals surface area contributed by atoms with Crippen molar-refractivity contribution in [2.24, 2.45) is 0 Å². The van der Waals surface area contributed by atoms with E-state index >= 15 is 0 Å². The summed E-state index contributed by atoms with van der Waals surface area (Å²) in [7, 11) is 0. The first kappa shape index (κ1) is 17.7. The second-order valence-electron chi connectivity index (χ2n) is 5.96. The predicted molar refractivity (Wildman–Crippen MR) is 105 cm³/mol. The number of hydrogen-bond acceptors (Lipinski definition) is 5. The first-order chi connectivity index (χ1) is 12.7. The fourth-order valence-corrected chi connectivity index (χ4v) is 2.80. The Hall–Kier alpha value is -3.15. The summed E-state index contributed by atoms with van der Waals surface area (Å²) in [6, 6.07) is 17.8. The number of rotatable bonds is 7. The van der Waals surface area contributed by atoms with Crippen LogP contribution in [-0.4, -0.2) is 28.3 Å². The first-order valence-corrected chi connectivity index (χ1v) is 8.81. The highest BCUT2D eigenvalue weighted by molar-refractivity contribution is 5.59. The van der Waals surface area contributed by atoms with Crippen LogP contribution in [0.15, 0.2) is 59.4 Å². The molecule has 0 bridgehead atoms. The van der Waals surface area contributed by atoms with Crippen LogP contribution in [0.25, 0.3) is 0 Å². The van der Waals surface area contributed by atoms with E-state index in [0.29, 0.717) is 18.1 Å².